The molecule has 0 unspecified atom stereocenters. The Labute approximate surface area is 100.0 Å². The molecule has 0 heterocycles. The summed E-state index contributed by atoms with van der Waals surface area (Å²) < 4.78 is 80.1. The second-order valence-corrected chi connectivity index (χ2v) is 3.69. The van der Waals surface area contributed by atoms with Gasteiger partial charge in [-0.15, -0.1) is 0 Å². The maximum atomic E-state index is 12.7. The molecule has 1 aromatic carbocycles. The van der Waals surface area contributed by atoms with Gasteiger partial charge in [-0.25, -0.2) is 0 Å². The van der Waals surface area contributed by atoms with Gasteiger partial charge in [0.15, 0.2) is 0 Å². The van der Waals surface area contributed by atoms with Crippen molar-refractivity contribution in [2.45, 2.75) is 17.9 Å². The van der Waals surface area contributed by atoms with E-state index in [-0.39, 0.29) is 5.46 Å². The lowest BCUT2D eigenvalue weighted by Crippen LogP contribution is -2.65. The fourth-order valence-electron chi connectivity index (χ4n) is 1.55. The summed E-state index contributed by atoms with van der Waals surface area (Å²) in [5, 5.41) is 0. The van der Waals surface area contributed by atoms with Crippen molar-refractivity contribution in [3.8, 4) is 0 Å². The van der Waals surface area contributed by atoms with Crippen molar-refractivity contribution in [1.29, 1.82) is 0 Å². The Kier molecular flexibility index (Phi) is 4.00. The molecule has 0 saturated heterocycles. The number of ether oxygens (including phenoxy) is 1. The molecule has 0 aliphatic carbocycles. The van der Waals surface area contributed by atoms with Crippen LogP contribution in [0.1, 0.15) is 0 Å². The molecule has 0 radical (unpaired) electrons. The number of hydrogen-bond acceptors (Lipinski definition) is 1. The molecule has 1 nitrogen and oxygen atoms in total. The maximum absolute atomic E-state index is 12.7. The molecular formula is C10H9BF6O. The largest absolute Gasteiger partial charge is 0.418 e. The van der Waals surface area contributed by atoms with Crippen molar-refractivity contribution in [3.63, 3.8) is 0 Å². The first-order valence-electron chi connectivity index (χ1n) is 4.86. The summed E-state index contributed by atoms with van der Waals surface area (Å²) in [6.45, 7) is 0. The van der Waals surface area contributed by atoms with Gasteiger partial charge < -0.3 is 4.74 Å². The summed E-state index contributed by atoms with van der Waals surface area (Å²) in [6.07, 6.45) is -11.1. The lowest BCUT2D eigenvalue weighted by Gasteiger charge is -2.35. The van der Waals surface area contributed by atoms with Crippen molar-refractivity contribution < 1.29 is 31.1 Å². The normalized spacial score (nSPS) is 13.5. The van der Waals surface area contributed by atoms with Crippen LogP contribution in [-0.2, 0) is 4.74 Å². The van der Waals surface area contributed by atoms with Crippen molar-refractivity contribution in [3.05, 3.63) is 30.3 Å². The van der Waals surface area contributed by atoms with Crippen LogP contribution in [0.15, 0.2) is 30.3 Å². The van der Waals surface area contributed by atoms with Gasteiger partial charge in [-0.1, -0.05) is 35.8 Å². The number of alkyl halides is 6. The molecule has 100 valence electrons. The Morgan fingerprint density at radius 3 is 1.67 bits per heavy atom. The predicted molar refractivity (Wildman–Crippen MR) is 55.1 cm³/mol. The molecule has 0 saturated carbocycles. The smallest absolute Gasteiger partial charge is 0.369 e. The summed E-state index contributed by atoms with van der Waals surface area (Å²) in [5.74, 6) is 0. The van der Waals surface area contributed by atoms with Crippen LogP contribution in [0, 0.1) is 0 Å². The Bertz CT molecular complexity index is 372. The third-order valence-corrected chi connectivity index (χ3v) is 2.56. The third kappa shape index (κ3) is 2.63. The van der Waals surface area contributed by atoms with Gasteiger partial charge in [0.05, 0.1) is 0 Å². The Morgan fingerprint density at radius 1 is 0.889 bits per heavy atom. The number of hydrogen-bond donors (Lipinski definition) is 0. The van der Waals surface area contributed by atoms with Crippen LogP contribution in [0.3, 0.4) is 0 Å². The van der Waals surface area contributed by atoms with Gasteiger partial charge in [0, 0.05) is 7.11 Å². The van der Waals surface area contributed by atoms with Crippen LogP contribution >= 0.6 is 0 Å². The minimum absolute atomic E-state index is 0.103. The second kappa shape index (κ2) is 4.83. The predicted octanol–water partition coefficient (Wildman–Crippen LogP) is 2.22. The number of halogens is 6. The monoisotopic (exact) mass is 270 g/mol. The average Bonchev–Trinajstić information content (AvgIpc) is 2.23. The first kappa shape index (κ1) is 14.9. The summed E-state index contributed by atoms with van der Waals surface area (Å²) in [6, 6.07) is 6.60. The lowest BCUT2D eigenvalue weighted by atomic mass is 9.54. The molecule has 0 N–H and O–H groups in total. The molecule has 0 fully saturated rings. The van der Waals surface area contributed by atoms with Gasteiger partial charge in [-0.05, 0) is 0 Å². The molecular weight excluding hydrogens is 261 g/mol. The van der Waals surface area contributed by atoms with Gasteiger partial charge in [0.25, 0.3) is 0 Å². The van der Waals surface area contributed by atoms with E-state index in [1.54, 1.807) is 0 Å². The van der Waals surface area contributed by atoms with Gasteiger partial charge in [-0.2, -0.15) is 26.3 Å². The van der Waals surface area contributed by atoms with E-state index in [0.29, 0.717) is 7.11 Å². The topological polar surface area (TPSA) is 9.23 Å². The molecule has 0 aliphatic rings. The molecule has 1 aromatic rings. The highest BCUT2D eigenvalue weighted by atomic mass is 19.4. The average molecular weight is 270 g/mol. The first-order chi connectivity index (χ1) is 8.14. The molecule has 0 bridgehead atoms. The minimum atomic E-state index is -5.55. The summed E-state index contributed by atoms with van der Waals surface area (Å²) in [5.41, 5.74) is -4.28. The molecule has 0 amide bonds. The summed E-state index contributed by atoms with van der Waals surface area (Å²) in [7, 11) is -0.902. The number of rotatable bonds is 3. The van der Waals surface area contributed by atoms with Crippen LogP contribution in [0.5, 0.6) is 0 Å². The van der Waals surface area contributed by atoms with Crippen molar-refractivity contribution in [2.75, 3.05) is 7.11 Å². The fraction of sp³-hybridized carbons (Fsp3) is 0.400. The first-order valence-corrected chi connectivity index (χ1v) is 4.86. The van der Waals surface area contributed by atoms with E-state index < -0.39 is 25.1 Å². The minimum Gasteiger partial charge on any atom is -0.369 e. The second-order valence-electron chi connectivity index (χ2n) is 3.69. The van der Waals surface area contributed by atoms with Crippen molar-refractivity contribution in [2.24, 2.45) is 0 Å². The van der Waals surface area contributed by atoms with Gasteiger partial charge in [0.1, 0.15) is 0 Å². The van der Waals surface area contributed by atoms with Crippen LogP contribution in [-0.4, -0.2) is 32.2 Å². The zero-order chi connectivity index (χ0) is 14.0. The molecule has 8 heteroatoms. The molecule has 0 spiro atoms. The van der Waals surface area contributed by atoms with E-state index in [4.69, 9.17) is 0 Å². The van der Waals surface area contributed by atoms with Gasteiger partial charge >= 0.3 is 12.4 Å². The van der Waals surface area contributed by atoms with E-state index in [2.05, 4.69) is 4.74 Å². The van der Waals surface area contributed by atoms with Crippen LogP contribution in [0.4, 0.5) is 26.3 Å². The highest BCUT2D eigenvalue weighted by molar-refractivity contribution is 6.57. The standard InChI is InChI=1S/C10H9BF6O/c1-18-8(9(12,13)14,10(15,16)17)11-7-5-3-2-4-6-7/h2-6,11H,1H3. The summed E-state index contributed by atoms with van der Waals surface area (Å²) in [4.78, 5) is 0. The fourth-order valence-corrected chi connectivity index (χ4v) is 1.55. The van der Waals surface area contributed by atoms with Gasteiger partial charge in [0.2, 0.25) is 12.8 Å². The molecule has 0 aliphatic heterocycles. The van der Waals surface area contributed by atoms with E-state index >= 15 is 0 Å². The molecule has 18 heavy (non-hydrogen) atoms. The van der Waals surface area contributed by atoms with Crippen molar-refractivity contribution >= 4 is 12.7 Å². The van der Waals surface area contributed by atoms with Gasteiger partial charge in [-0.3, -0.25) is 0 Å². The Morgan fingerprint density at radius 2 is 1.33 bits per heavy atom. The maximum Gasteiger partial charge on any atom is 0.418 e. The Balaban J connectivity index is 3.21. The summed E-state index contributed by atoms with van der Waals surface area (Å²) >= 11 is 0. The van der Waals surface area contributed by atoms with Crippen LogP contribution in [0.2, 0.25) is 0 Å². The number of benzene rings is 1. The van der Waals surface area contributed by atoms with E-state index in [1.165, 1.54) is 30.3 Å². The van der Waals surface area contributed by atoms with E-state index in [9.17, 15) is 26.3 Å². The number of methoxy groups -OCH3 is 1. The lowest BCUT2D eigenvalue weighted by molar-refractivity contribution is -0.339. The zero-order valence-electron chi connectivity index (χ0n) is 9.27. The van der Waals surface area contributed by atoms with E-state index in [1.807, 2.05) is 0 Å². The van der Waals surface area contributed by atoms with Crippen molar-refractivity contribution in [1.82, 2.24) is 0 Å². The van der Waals surface area contributed by atoms with Crippen LogP contribution in [0.25, 0.3) is 0 Å². The van der Waals surface area contributed by atoms with E-state index in [0.717, 1.165) is 0 Å². The molecule has 0 atom stereocenters. The quantitative estimate of drug-likeness (QED) is 0.604. The molecule has 1 rings (SSSR count). The third-order valence-electron chi connectivity index (χ3n) is 2.56. The zero-order valence-corrected chi connectivity index (χ0v) is 9.27. The highest BCUT2D eigenvalue weighted by Gasteiger charge is 2.71. The molecule has 0 aromatic heterocycles. The Hall–Kier alpha value is -1.18. The highest BCUT2D eigenvalue weighted by Crippen LogP contribution is 2.44. The SMILES string of the molecule is COC(Bc1ccccc1)(C(F)(F)F)C(F)(F)F. The van der Waals surface area contributed by atoms with Crippen LogP contribution < -0.4 is 5.46 Å².